The standard InChI is InChI=1S/C30H28N6O2/c1-4-28-34-27-12-8-6-10-25(27)30(38)36(28)35-19(2)15-22(20(35)3)16-23(17-31)29(37)32-14-13-21-18-33-26-11-7-5-9-24(21)26/h5-12,15-16,18,33H,4,13-14H2,1-3H3,(H,32,37). The van der Waals surface area contributed by atoms with Crippen LogP contribution in [0.4, 0.5) is 0 Å². The number of amides is 1. The van der Waals surface area contributed by atoms with Crippen molar-refractivity contribution in [1.82, 2.24) is 24.6 Å². The molecule has 0 saturated carbocycles. The van der Waals surface area contributed by atoms with E-state index in [2.05, 4.69) is 10.3 Å². The quantitative estimate of drug-likeness (QED) is 0.252. The van der Waals surface area contributed by atoms with Crippen LogP contribution in [0.5, 0.6) is 0 Å². The van der Waals surface area contributed by atoms with Crippen LogP contribution in [0.1, 0.15) is 35.3 Å². The van der Waals surface area contributed by atoms with E-state index >= 15 is 0 Å². The zero-order chi connectivity index (χ0) is 26.8. The zero-order valence-electron chi connectivity index (χ0n) is 21.6. The number of aromatic amines is 1. The molecule has 190 valence electrons. The molecule has 38 heavy (non-hydrogen) atoms. The summed E-state index contributed by atoms with van der Waals surface area (Å²) in [6.07, 6.45) is 4.72. The van der Waals surface area contributed by atoms with E-state index in [-0.39, 0.29) is 11.1 Å². The number of nitriles is 1. The first-order valence-electron chi connectivity index (χ1n) is 12.6. The van der Waals surface area contributed by atoms with Gasteiger partial charge in [0.1, 0.15) is 17.5 Å². The van der Waals surface area contributed by atoms with Gasteiger partial charge in [0.05, 0.1) is 10.9 Å². The first-order chi connectivity index (χ1) is 18.4. The van der Waals surface area contributed by atoms with E-state index in [0.717, 1.165) is 27.9 Å². The highest BCUT2D eigenvalue weighted by atomic mass is 16.2. The lowest BCUT2D eigenvalue weighted by molar-refractivity contribution is -0.117. The smallest absolute Gasteiger partial charge is 0.280 e. The van der Waals surface area contributed by atoms with Gasteiger partial charge >= 0.3 is 0 Å². The van der Waals surface area contributed by atoms with Crippen molar-refractivity contribution in [2.45, 2.75) is 33.6 Å². The highest BCUT2D eigenvalue weighted by molar-refractivity contribution is 6.01. The van der Waals surface area contributed by atoms with Crippen LogP contribution in [0.25, 0.3) is 27.9 Å². The lowest BCUT2D eigenvalue weighted by atomic mass is 10.1. The van der Waals surface area contributed by atoms with Gasteiger partial charge in [-0.15, -0.1) is 0 Å². The van der Waals surface area contributed by atoms with Crippen molar-refractivity contribution in [1.29, 1.82) is 5.26 Å². The molecule has 0 aliphatic rings. The summed E-state index contributed by atoms with van der Waals surface area (Å²) in [5, 5.41) is 14.3. The molecule has 5 aromatic rings. The van der Waals surface area contributed by atoms with Crippen LogP contribution in [-0.4, -0.2) is 31.8 Å². The monoisotopic (exact) mass is 504 g/mol. The van der Waals surface area contributed by atoms with Crippen LogP contribution in [0.3, 0.4) is 0 Å². The van der Waals surface area contributed by atoms with Crippen molar-refractivity contribution in [3.63, 3.8) is 0 Å². The Hall–Kier alpha value is -4.90. The number of rotatable bonds is 7. The highest BCUT2D eigenvalue weighted by Gasteiger charge is 2.18. The summed E-state index contributed by atoms with van der Waals surface area (Å²) in [6.45, 7) is 6.11. The van der Waals surface area contributed by atoms with Crippen LogP contribution in [0.15, 0.2) is 71.2 Å². The second kappa shape index (κ2) is 10.2. The number of aryl methyl sites for hydroxylation is 2. The molecule has 0 fully saturated rings. The molecule has 0 atom stereocenters. The molecule has 0 aliphatic carbocycles. The summed E-state index contributed by atoms with van der Waals surface area (Å²) in [4.78, 5) is 34.3. The molecular formula is C30H28N6O2. The Labute approximate surface area is 219 Å². The van der Waals surface area contributed by atoms with Gasteiger partial charge in [0.15, 0.2) is 0 Å². The second-order valence-electron chi connectivity index (χ2n) is 9.19. The number of carbonyl (C=O) groups is 1. The third kappa shape index (κ3) is 4.39. The number of carbonyl (C=O) groups excluding carboxylic acids is 1. The maximum absolute atomic E-state index is 13.5. The van der Waals surface area contributed by atoms with Gasteiger partial charge in [0.25, 0.3) is 11.5 Å². The Morgan fingerprint density at radius 1 is 1.11 bits per heavy atom. The number of benzene rings is 2. The number of hydrogen-bond acceptors (Lipinski definition) is 4. The van der Waals surface area contributed by atoms with Crippen molar-refractivity contribution in [2.75, 3.05) is 6.54 Å². The summed E-state index contributed by atoms with van der Waals surface area (Å²) >= 11 is 0. The van der Waals surface area contributed by atoms with Gasteiger partial charge < -0.3 is 10.3 Å². The number of H-pyrrole nitrogens is 1. The van der Waals surface area contributed by atoms with Gasteiger partial charge in [-0.2, -0.15) is 9.94 Å². The van der Waals surface area contributed by atoms with Crippen LogP contribution < -0.4 is 10.9 Å². The van der Waals surface area contributed by atoms with E-state index in [0.29, 0.717) is 41.7 Å². The van der Waals surface area contributed by atoms with Gasteiger partial charge in [0, 0.05) is 41.5 Å². The normalized spacial score (nSPS) is 11.7. The average Bonchev–Trinajstić information content (AvgIpc) is 3.46. The molecule has 5 rings (SSSR count). The molecule has 0 spiro atoms. The van der Waals surface area contributed by atoms with E-state index in [1.807, 2.05) is 81.6 Å². The van der Waals surface area contributed by atoms with E-state index in [1.165, 1.54) is 0 Å². The molecule has 2 aromatic carbocycles. The molecular weight excluding hydrogens is 476 g/mol. The molecule has 0 saturated heterocycles. The first kappa shape index (κ1) is 24.8. The number of fused-ring (bicyclic) bond motifs is 2. The van der Waals surface area contributed by atoms with Crippen LogP contribution >= 0.6 is 0 Å². The average molecular weight is 505 g/mol. The van der Waals surface area contributed by atoms with Gasteiger partial charge in [-0.1, -0.05) is 37.3 Å². The molecule has 2 N–H and O–H groups in total. The fourth-order valence-electron chi connectivity index (χ4n) is 4.88. The summed E-state index contributed by atoms with van der Waals surface area (Å²) < 4.78 is 3.38. The van der Waals surface area contributed by atoms with Gasteiger partial charge in [-0.3, -0.25) is 14.3 Å². The molecule has 0 aliphatic heterocycles. The molecule has 3 aromatic heterocycles. The molecule has 8 heteroatoms. The minimum atomic E-state index is -0.434. The summed E-state index contributed by atoms with van der Waals surface area (Å²) in [5.74, 6) is 0.192. The fraction of sp³-hybridized carbons (Fsp3) is 0.200. The second-order valence-corrected chi connectivity index (χ2v) is 9.19. The number of nitrogens with zero attached hydrogens (tertiary/aromatic N) is 4. The molecule has 1 amide bonds. The fourth-order valence-corrected chi connectivity index (χ4v) is 4.88. The van der Waals surface area contributed by atoms with E-state index in [9.17, 15) is 14.9 Å². The van der Waals surface area contributed by atoms with E-state index in [4.69, 9.17) is 4.98 Å². The van der Waals surface area contributed by atoms with Gasteiger partial charge in [-0.05, 0) is 61.7 Å². The first-order valence-corrected chi connectivity index (χ1v) is 12.6. The summed E-state index contributed by atoms with van der Waals surface area (Å²) in [6, 6.07) is 19.2. The van der Waals surface area contributed by atoms with E-state index in [1.54, 1.807) is 21.5 Å². The number of aromatic nitrogens is 4. The maximum Gasteiger partial charge on any atom is 0.280 e. The molecule has 0 bridgehead atoms. The van der Waals surface area contributed by atoms with Crippen LogP contribution in [0, 0.1) is 25.2 Å². The predicted molar refractivity (Wildman–Crippen MR) is 149 cm³/mol. The molecule has 0 radical (unpaired) electrons. The lowest BCUT2D eigenvalue weighted by Crippen LogP contribution is -2.31. The Morgan fingerprint density at radius 3 is 2.61 bits per heavy atom. The van der Waals surface area contributed by atoms with Crippen molar-refractivity contribution in [3.05, 3.63) is 105 Å². The largest absolute Gasteiger partial charge is 0.361 e. The number of para-hydroxylation sites is 2. The van der Waals surface area contributed by atoms with Crippen molar-refractivity contribution in [3.8, 4) is 6.07 Å². The Morgan fingerprint density at radius 2 is 1.84 bits per heavy atom. The zero-order valence-corrected chi connectivity index (χ0v) is 21.6. The van der Waals surface area contributed by atoms with Gasteiger partial charge in [-0.25, -0.2) is 4.98 Å². The van der Waals surface area contributed by atoms with E-state index < -0.39 is 5.91 Å². The number of hydrogen-bond donors (Lipinski definition) is 2. The minimum absolute atomic E-state index is 0.00359. The number of nitrogens with one attached hydrogen (secondary N) is 2. The topological polar surface area (TPSA) is 108 Å². The van der Waals surface area contributed by atoms with Gasteiger partial charge in [0.2, 0.25) is 0 Å². The Kier molecular flexibility index (Phi) is 6.67. The molecule has 0 unspecified atom stereocenters. The van der Waals surface area contributed by atoms with Crippen LogP contribution in [-0.2, 0) is 17.6 Å². The summed E-state index contributed by atoms with van der Waals surface area (Å²) in [7, 11) is 0. The highest BCUT2D eigenvalue weighted by Crippen LogP contribution is 2.21. The lowest BCUT2D eigenvalue weighted by Gasteiger charge is -2.17. The van der Waals surface area contributed by atoms with Crippen molar-refractivity contribution < 1.29 is 4.79 Å². The summed E-state index contributed by atoms with van der Waals surface area (Å²) in [5.41, 5.74) is 4.86. The SMILES string of the molecule is CCc1nc2ccccc2c(=O)n1-n1c(C)cc(C=C(C#N)C(=O)NCCc2c[nH]c3ccccc23)c1C. The Balaban J connectivity index is 1.42. The maximum atomic E-state index is 13.5. The third-order valence-electron chi connectivity index (χ3n) is 6.79. The van der Waals surface area contributed by atoms with Crippen molar-refractivity contribution in [2.24, 2.45) is 0 Å². The minimum Gasteiger partial charge on any atom is -0.361 e. The molecule has 8 nitrogen and oxygen atoms in total. The van der Waals surface area contributed by atoms with Crippen LogP contribution in [0.2, 0.25) is 0 Å². The molecule has 3 heterocycles. The van der Waals surface area contributed by atoms with Crippen molar-refractivity contribution >= 4 is 33.8 Å². The predicted octanol–water partition coefficient (Wildman–Crippen LogP) is 4.44. The third-order valence-corrected chi connectivity index (χ3v) is 6.79. The Bertz CT molecular complexity index is 1810.